The van der Waals surface area contributed by atoms with Crippen LogP contribution >= 0.6 is 0 Å². The van der Waals surface area contributed by atoms with Gasteiger partial charge >= 0.3 is 0 Å². The van der Waals surface area contributed by atoms with Crippen molar-refractivity contribution in [3.05, 3.63) is 60.1 Å². The van der Waals surface area contributed by atoms with Crippen LogP contribution in [0.5, 0.6) is 0 Å². The van der Waals surface area contributed by atoms with Crippen molar-refractivity contribution in [3.63, 3.8) is 0 Å². The lowest BCUT2D eigenvalue weighted by atomic mass is 10.1. The van der Waals surface area contributed by atoms with E-state index in [-0.39, 0.29) is 12.2 Å². The van der Waals surface area contributed by atoms with Gasteiger partial charge in [-0.2, -0.15) is 0 Å². The van der Waals surface area contributed by atoms with Crippen molar-refractivity contribution in [1.29, 1.82) is 0 Å². The summed E-state index contributed by atoms with van der Waals surface area (Å²) < 4.78 is 34.0. The minimum absolute atomic E-state index is 0.221. The predicted octanol–water partition coefficient (Wildman–Crippen LogP) is 4.33. The van der Waals surface area contributed by atoms with Gasteiger partial charge in [0, 0.05) is 48.8 Å². The minimum atomic E-state index is -3.07. The molecule has 0 aliphatic carbocycles. The second-order valence-electron chi connectivity index (χ2n) is 9.67. The van der Waals surface area contributed by atoms with Crippen molar-refractivity contribution >= 4 is 34.1 Å². The van der Waals surface area contributed by atoms with Crippen LogP contribution in [0.4, 0.5) is 26.1 Å². The third-order valence-electron chi connectivity index (χ3n) is 6.97. The molecule has 1 fully saturated rings. The molecule has 202 valence electrons. The summed E-state index contributed by atoms with van der Waals surface area (Å²) >= 11 is 0. The molecule has 1 N–H and O–H groups in total. The van der Waals surface area contributed by atoms with Crippen molar-refractivity contribution in [3.8, 4) is 12.3 Å². The standard InChI is InChI=1S/C29H30F2N6O2/c1-2-21-5-6-22-8-12-37(25(22)17-21)28-23-18-26(32-19-24(23)33-20-34-28)35-27(38)7-10-29(30,31)9-3-4-11-36-13-15-39-16-14-36/h1,5-7,10,17-20H,3-4,8-9,11-16H2,(H,32,35,38). The Balaban J connectivity index is 1.23. The Morgan fingerprint density at radius 1 is 1.15 bits per heavy atom. The summed E-state index contributed by atoms with van der Waals surface area (Å²) in [4.78, 5) is 29.8. The number of hydrogen-bond donors (Lipinski definition) is 1. The van der Waals surface area contributed by atoms with Crippen LogP contribution in [0, 0.1) is 12.3 Å². The van der Waals surface area contributed by atoms with Crippen molar-refractivity contribution in [2.24, 2.45) is 0 Å². The SMILES string of the molecule is C#Cc1ccc2c(c1)N(c1ncnc3cnc(NC(=O)C=CC(F)(F)CCCCN4CCOCC4)cc13)CC2. The fourth-order valence-electron chi connectivity index (χ4n) is 4.89. The number of morpholine rings is 1. The first-order valence-electron chi connectivity index (χ1n) is 13.1. The highest BCUT2D eigenvalue weighted by molar-refractivity contribution is 6.01. The number of benzene rings is 1. The number of unbranched alkanes of at least 4 members (excludes halogenated alkanes) is 1. The van der Waals surface area contributed by atoms with Gasteiger partial charge in [-0.25, -0.2) is 23.7 Å². The molecule has 2 aromatic heterocycles. The van der Waals surface area contributed by atoms with E-state index in [1.165, 1.54) is 12.5 Å². The Bertz CT molecular complexity index is 1410. The number of terminal acetylenes is 1. The van der Waals surface area contributed by atoms with E-state index in [0.717, 1.165) is 48.9 Å². The molecule has 1 aromatic carbocycles. The first kappa shape index (κ1) is 26.7. The second-order valence-corrected chi connectivity index (χ2v) is 9.67. The third kappa shape index (κ3) is 6.56. The lowest BCUT2D eigenvalue weighted by Crippen LogP contribution is -2.36. The van der Waals surface area contributed by atoms with Crippen LogP contribution in [0.3, 0.4) is 0 Å². The van der Waals surface area contributed by atoms with Crippen LogP contribution in [0.15, 0.2) is 48.9 Å². The maximum atomic E-state index is 14.3. The topological polar surface area (TPSA) is 83.5 Å². The van der Waals surface area contributed by atoms with Gasteiger partial charge in [0.25, 0.3) is 5.92 Å². The zero-order valence-electron chi connectivity index (χ0n) is 21.6. The number of ether oxygens (including phenoxy) is 1. The molecule has 5 rings (SSSR count). The van der Waals surface area contributed by atoms with Gasteiger partial charge < -0.3 is 15.0 Å². The second kappa shape index (κ2) is 11.8. The molecule has 0 radical (unpaired) electrons. The summed E-state index contributed by atoms with van der Waals surface area (Å²) in [5, 5.41) is 3.26. The molecule has 2 aliphatic heterocycles. The zero-order chi connectivity index (χ0) is 27.2. The Morgan fingerprint density at radius 2 is 2.00 bits per heavy atom. The highest BCUT2D eigenvalue weighted by Gasteiger charge is 2.26. The molecule has 39 heavy (non-hydrogen) atoms. The van der Waals surface area contributed by atoms with E-state index < -0.39 is 11.8 Å². The molecular formula is C29H30F2N6O2. The maximum absolute atomic E-state index is 14.3. The van der Waals surface area contributed by atoms with E-state index in [0.29, 0.717) is 55.4 Å². The number of pyridine rings is 1. The monoisotopic (exact) mass is 532 g/mol. The van der Waals surface area contributed by atoms with Gasteiger partial charge in [0.2, 0.25) is 5.91 Å². The van der Waals surface area contributed by atoms with Crippen molar-refractivity contribution in [2.75, 3.05) is 49.6 Å². The van der Waals surface area contributed by atoms with E-state index in [2.05, 4.69) is 36.0 Å². The first-order chi connectivity index (χ1) is 18.9. The van der Waals surface area contributed by atoms with E-state index in [4.69, 9.17) is 11.2 Å². The number of nitrogens with zero attached hydrogens (tertiary/aromatic N) is 5. The fourth-order valence-corrected chi connectivity index (χ4v) is 4.89. The number of anilines is 3. The largest absolute Gasteiger partial charge is 0.379 e. The number of hydrogen-bond acceptors (Lipinski definition) is 7. The predicted molar refractivity (Wildman–Crippen MR) is 146 cm³/mol. The first-order valence-corrected chi connectivity index (χ1v) is 13.1. The number of rotatable bonds is 9. The Labute approximate surface area is 226 Å². The van der Waals surface area contributed by atoms with E-state index in [9.17, 15) is 13.6 Å². The average molecular weight is 533 g/mol. The van der Waals surface area contributed by atoms with Crippen molar-refractivity contribution < 1.29 is 18.3 Å². The number of carbonyl (C=O) groups excluding carboxylic acids is 1. The molecule has 4 heterocycles. The van der Waals surface area contributed by atoms with Crippen LogP contribution in [-0.2, 0) is 16.0 Å². The molecule has 0 atom stereocenters. The molecular weight excluding hydrogens is 502 g/mol. The van der Waals surface area contributed by atoms with Gasteiger partial charge in [-0.3, -0.25) is 9.69 Å². The number of amides is 1. The molecule has 1 amide bonds. The van der Waals surface area contributed by atoms with Crippen molar-refractivity contribution in [2.45, 2.75) is 31.6 Å². The number of fused-ring (bicyclic) bond motifs is 2. The minimum Gasteiger partial charge on any atom is -0.379 e. The quantitative estimate of drug-likeness (QED) is 0.250. The lowest BCUT2D eigenvalue weighted by Gasteiger charge is -2.26. The molecule has 0 saturated carbocycles. The Morgan fingerprint density at radius 3 is 2.82 bits per heavy atom. The summed E-state index contributed by atoms with van der Waals surface area (Å²) in [5.41, 5.74) is 3.51. The Hall–Kier alpha value is -3.94. The highest BCUT2D eigenvalue weighted by Crippen LogP contribution is 2.37. The normalized spacial score (nSPS) is 16.0. The number of halogens is 2. The third-order valence-corrected chi connectivity index (χ3v) is 6.97. The van der Waals surface area contributed by atoms with Gasteiger partial charge in [-0.1, -0.05) is 12.0 Å². The molecule has 1 saturated heterocycles. The average Bonchev–Trinajstić information content (AvgIpc) is 3.37. The van der Waals surface area contributed by atoms with Crippen LogP contribution in [0.25, 0.3) is 10.9 Å². The number of nitrogens with one attached hydrogen (secondary N) is 1. The smallest absolute Gasteiger partial charge is 0.266 e. The van der Waals surface area contributed by atoms with Crippen LogP contribution in [0.1, 0.15) is 30.4 Å². The summed E-state index contributed by atoms with van der Waals surface area (Å²) in [6.07, 6.45) is 11.7. The van der Waals surface area contributed by atoms with Crippen LogP contribution < -0.4 is 10.2 Å². The fraction of sp³-hybridized carbons (Fsp3) is 0.379. The lowest BCUT2D eigenvalue weighted by molar-refractivity contribution is -0.112. The molecule has 2 aliphatic rings. The van der Waals surface area contributed by atoms with E-state index >= 15 is 0 Å². The van der Waals surface area contributed by atoms with Crippen molar-refractivity contribution in [1.82, 2.24) is 19.9 Å². The Kier molecular flexibility index (Phi) is 8.10. The van der Waals surface area contributed by atoms with Gasteiger partial charge in [-0.05, 0) is 55.6 Å². The molecule has 0 spiro atoms. The molecule has 0 unspecified atom stereocenters. The zero-order valence-corrected chi connectivity index (χ0v) is 21.6. The molecule has 10 heteroatoms. The van der Waals surface area contributed by atoms with Gasteiger partial charge in [0.15, 0.2) is 0 Å². The van der Waals surface area contributed by atoms with E-state index in [1.54, 1.807) is 6.07 Å². The van der Waals surface area contributed by atoms with Gasteiger partial charge in [0.05, 0.1) is 24.9 Å². The van der Waals surface area contributed by atoms with Crippen LogP contribution in [0.2, 0.25) is 0 Å². The summed E-state index contributed by atoms with van der Waals surface area (Å²) in [5.74, 6) is -0.209. The highest BCUT2D eigenvalue weighted by atomic mass is 19.3. The van der Waals surface area contributed by atoms with Crippen LogP contribution in [-0.4, -0.2) is 71.1 Å². The molecule has 3 aromatic rings. The number of allylic oxidation sites excluding steroid dienone is 1. The molecule has 8 nitrogen and oxygen atoms in total. The summed E-state index contributed by atoms with van der Waals surface area (Å²) in [6.45, 7) is 4.54. The number of alkyl halides is 2. The van der Waals surface area contributed by atoms with Gasteiger partial charge in [0.1, 0.15) is 18.0 Å². The summed E-state index contributed by atoms with van der Waals surface area (Å²) in [6, 6.07) is 7.55. The van der Waals surface area contributed by atoms with E-state index in [1.807, 2.05) is 18.2 Å². The maximum Gasteiger partial charge on any atom is 0.266 e. The summed E-state index contributed by atoms with van der Waals surface area (Å²) in [7, 11) is 0. The van der Waals surface area contributed by atoms with Gasteiger partial charge in [-0.15, -0.1) is 6.42 Å². The molecule has 0 bridgehead atoms. The number of carbonyl (C=O) groups is 1. The number of aromatic nitrogens is 3.